The Morgan fingerprint density at radius 1 is 1.48 bits per heavy atom. The number of anilines is 1. The molecule has 0 bridgehead atoms. The number of hydrogen-bond acceptors (Lipinski definition) is 6. The second-order valence-electron chi connectivity index (χ2n) is 4.46. The number of furan rings is 1. The first-order chi connectivity index (χ1) is 10.1. The highest BCUT2D eigenvalue weighted by Crippen LogP contribution is 2.19. The van der Waals surface area contributed by atoms with Crippen molar-refractivity contribution < 1.29 is 18.7 Å². The molecule has 0 aliphatic rings. The van der Waals surface area contributed by atoms with Gasteiger partial charge in [0.25, 0.3) is 5.91 Å². The first-order valence-corrected chi connectivity index (χ1v) is 7.34. The van der Waals surface area contributed by atoms with E-state index in [9.17, 15) is 9.59 Å². The van der Waals surface area contributed by atoms with Crippen LogP contribution in [0.15, 0.2) is 22.1 Å². The minimum absolute atomic E-state index is 0.230. The van der Waals surface area contributed by atoms with Crippen LogP contribution in [0.5, 0.6) is 0 Å². The molecule has 2 aromatic heterocycles. The zero-order chi connectivity index (χ0) is 15.2. The third-order valence-corrected chi connectivity index (χ3v) is 3.69. The van der Waals surface area contributed by atoms with E-state index in [1.165, 1.54) is 24.7 Å². The highest BCUT2D eigenvalue weighted by molar-refractivity contribution is 7.13. The first-order valence-electron chi connectivity index (χ1n) is 6.47. The van der Waals surface area contributed by atoms with Gasteiger partial charge in [-0.3, -0.25) is 14.9 Å². The number of nitrogens with one attached hydrogen (secondary N) is 1. The number of hydrogen-bond donors (Lipinski definition) is 1. The van der Waals surface area contributed by atoms with Gasteiger partial charge in [-0.2, -0.15) is 0 Å². The molecule has 6 nitrogen and oxygen atoms in total. The molecule has 21 heavy (non-hydrogen) atoms. The van der Waals surface area contributed by atoms with Crippen LogP contribution < -0.4 is 5.32 Å². The van der Waals surface area contributed by atoms with Gasteiger partial charge in [-0.25, -0.2) is 4.98 Å². The Labute approximate surface area is 126 Å². The van der Waals surface area contributed by atoms with Gasteiger partial charge in [0, 0.05) is 17.4 Å². The average molecular weight is 308 g/mol. The van der Waals surface area contributed by atoms with Crippen LogP contribution in [0.25, 0.3) is 0 Å². The Morgan fingerprint density at radius 2 is 2.29 bits per heavy atom. The highest BCUT2D eigenvalue weighted by Gasteiger charge is 2.14. The van der Waals surface area contributed by atoms with Crippen LogP contribution in [0.4, 0.5) is 5.13 Å². The van der Waals surface area contributed by atoms with Crippen LogP contribution in [0, 0.1) is 6.92 Å². The van der Waals surface area contributed by atoms with E-state index >= 15 is 0 Å². The van der Waals surface area contributed by atoms with E-state index in [0.29, 0.717) is 24.4 Å². The van der Waals surface area contributed by atoms with Gasteiger partial charge in [0.15, 0.2) is 10.9 Å². The summed E-state index contributed by atoms with van der Waals surface area (Å²) in [5.41, 5.74) is 1.62. The van der Waals surface area contributed by atoms with E-state index < -0.39 is 0 Å². The summed E-state index contributed by atoms with van der Waals surface area (Å²) in [5.74, 6) is -0.252. The number of ether oxygens (including phenoxy) is 1. The standard InChI is InChI=1S/C14H16N2O4S/c1-9-6-7-20-12(9)13(18)16-14-15-10(8-21-14)4-3-5-11(17)19-2/h6-8H,3-5H2,1-2H3,(H,15,16,18). The quantitative estimate of drug-likeness (QED) is 0.830. The van der Waals surface area contributed by atoms with Crippen LogP contribution >= 0.6 is 11.3 Å². The Morgan fingerprint density at radius 3 is 2.95 bits per heavy atom. The number of carbonyl (C=O) groups is 2. The van der Waals surface area contributed by atoms with E-state index in [-0.39, 0.29) is 17.6 Å². The minimum Gasteiger partial charge on any atom is -0.469 e. The van der Waals surface area contributed by atoms with E-state index in [2.05, 4.69) is 15.0 Å². The fourth-order valence-electron chi connectivity index (χ4n) is 1.75. The van der Waals surface area contributed by atoms with Gasteiger partial charge >= 0.3 is 5.97 Å². The van der Waals surface area contributed by atoms with Crippen molar-refractivity contribution >= 4 is 28.3 Å². The fraction of sp³-hybridized carbons (Fsp3) is 0.357. The molecule has 1 N–H and O–H groups in total. The van der Waals surface area contributed by atoms with Gasteiger partial charge in [-0.1, -0.05) is 0 Å². The SMILES string of the molecule is COC(=O)CCCc1csc(NC(=O)c2occc2C)n1. The maximum absolute atomic E-state index is 11.9. The van der Waals surface area contributed by atoms with Crippen LogP contribution in [-0.2, 0) is 16.0 Å². The summed E-state index contributed by atoms with van der Waals surface area (Å²) in [7, 11) is 1.37. The maximum atomic E-state index is 11.9. The summed E-state index contributed by atoms with van der Waals surface area (Å²) in [6.07, 6.45) is 3.17. The van der Waals surface area contributed by atoms with E-state index in [4.69, 9.17) is 4.42 Å². The van der Waals surface area contributed by atoms with Crippen molar-refractivity contribution in [2.45, 2.75) is 26.2 Å². The summed E-state index contributed by atoms with van der Waals surface area (Å²) in [4.78, 5) is 27.3. The molecule has 2 rings (SSSR count). The van der Waals surface area contributed by atoms with Crippen molar-refractivity contribution in [3.63, 3.8) is 0 Å². The number of thiazole rings is 1. The van der Waals surface area contributed by atoms with Gasteiger partial charge in [0.2, 0.25) is 0 Å². The lowest BCUT2D eigenvalue weighted by Crippen LogP contribution is -2.11. The van der Waals surface area contributed by atoms with Gasteiger partial charge in [-0.05, 0) is 25.8 Å². The molecule has 7 heteroatoms. The van der Waals surface area contributed by atoms with Crippen molar-refractivity contribution in [2.75, 3.05) is 12.4 Å². The molecule has 0 aliphatic carbocycles. The van der Waals surface area contributed by atoms with E-state index in [1.807, 2.05) is 5.38 Å². The second-order valence-corrected chi connectivity index (χ2v) is 5.32. The van der Waals surface area contributed by atoms with Crippen molar-refractivity contribution in [1.29, 1.82) is 0 Å². The second kappa shape index (κ2) is 7.03. The molecule has 0 saturated carbocycles. The molecule has 2 aromatic rings. The molecule has 0 atom stereocenters. The lowest BCUT2D eigenvalue weighted by atomic mass is 10.2. The first kappa shape index (κ1) is 15.2. The van der Waals surface area contributed by atoms with Crippen LogP contribution in [-0.4, -0.2) is 24.0 Å². The van der Waals surface area contributed by atoms with Crippen LogP contribution in [0.3, 0.4) is 0 Å². The van der Waals surface area contributed by atoms with Crippen molar-refractivity contribution in [1.82, 2.24) is 4.98 Å². The van der Waals surface area contributed by atoms with Gasteiger partial charge in [-0.15, -0.1) is 11.3 Å². The number of esters is 1. The molecular formula is C14H16N2O4S. The Balaban J connectivity index is 1.87. The monoisotopic (exact) mass is 308 g/mol. The number of nitrogens with zero attached hydrogens (tertiary/aromatic N) is 1. The Kier molecular flexibility index (Phi) is 5.10. The van der Waals surface area contributed by atoms with Gasteiger partial charge in [0.1, 0.15) is 0 Å². The molecule has 0 saturated heterocycles. The fourth-order valence-corrected chi connectivity index (χ4v) is 2.49. The third-order valence-electron chi connectivity index (χ3n) is 2.88. The Hall–Kier alpha value is -2.15. The molecule has 0 radical (unpaired) electrons. The van der Waals surface area contributed by atoms with E-state index in [0.717, 1.165) is 11.3 Å². The lowest BCUT2D eigenvalue weighted by Gasteiger charge is -1.99. The molecule has 0 aromatic carbocycles. The molecule has 2 heterocycles. The molecule has 0 spiro atoms. The zero-order valence-electron chi connectivity index (χ0n) is 11.8. The normalized spacial score (nSPS) is 10.4. The molecule has 112 valence electrons. The predicted molar refractivity (Wildman–Crippen MR) is 78.5 cm³/mol. The highest BCUT2D eigenvalue weighted by atomic mass is 32.1. The number of aryl methyl sites for hydroxylation is 2. The molecule has 0 unspecified atom stereocenters. The smallest absolute Gasteiger partial charge is 0.305 e. The largest absolute Gasteiger partial charge is 0.469 e. The predicted octanol–water partition coefficient (Wildman–Crippen LogP) is 2.79. The van der Waals surface area contributed by atoms with Crippen LogP contribution in [0.2, 0.25) is 0 Å². The summed E-state index contributed by atoms with van der Waals surface area (Å²) < 4.78 is 9.70. The summed E-state index contributed by atoms with van der Waals surface area (Å²) in [6.45, 7) is 1.80. The number of amides is 1. The Bertz CT molecular complexity index is 632. The average Bonchev–Trinajstić information content (AvgIpc) is 3.07. The summed E-state index contributed by atoms with van der Waals surface area (Å²) in [6, 6.07) is 1.73. The molecule has 0 fully saturated rings. The molecular weight excluding hydrogens is 292 g/mol. The van der Waals surface area contributed by atoms with Crippen molar-refractivity contribution in [3.05, 3.63) is 34.7 Å². The zero-order valence-corrected chi connectivity index (χ0v) is 12.7. The number of rotatable bonds is 6. The van der Waals surface area contributed by atoms with Crippen LogP contribution in [0.1, 0.15) is 34.7 Å². The van der Waals surface area contributed by atoms with E-state index in [1.54, 1.807) is 13.0 Å². The summed E-state index contributed by atoms with van der Waals surface area (Å²) >= 11 is 1.34. The third kappa shape index (κ3) is 4.16. The summed E-state index contributed by atoms with van der Waals surface area (Å²) in [5, 5.41) is 5.08. The van der Waals surface area contributed by atoms with Gasteiger partial charge < -0.3 is 9.15 Å². The minimum atomic E-state index is -0.312. The topological polar surface area (TPSA) is 81.4 Å². The van der Waals surface area contributed by atoms with Crippen molar-refractivity contribution in [3.8, 4) is 0 Å². The van der Waals surface area contributed by atoms with Crippen molar-refractivity contribution in [2.24, 2.45) is 0 Å². The number of methoxy groups -OCH3 is 1. The maximum Gasteiger partial charge on any atom is 0.305 e. The molecule has 0 aliphatic heterocycles. The molecule has 1 amide bonds. The number of carbonyl (C=O) groups excluding carboxylic acids is 2. The number of aromatic nitrogens is 1. The lowest BCUT2D eigenvalue weighted by molar-refractivity contribution is -0.140. The van der Waals surface area contributed by atoms with Gasteiger partial charge in [0.05, 0.1) is 19.1 Å².